The molecule has 1 aromatic carbocycles. The third-order valence-corrected chi connectivity index (χ3v) is 7.52. The van der Waals surface area contributed by atoms with Gasteiger partial charge in [-0.25, -0.2) is 12.8 Å². The van der Waals surface area contributed by atoms with Crippen LogP contribution in [0, 0.1) is 12.7 Å². The van der Waals surface area contributed by atoms with Crippen LogP contribution in [0.15, 0.2) is 40.6 Å². The number of carbonyl (C=O) groups excluding carboxylic acids is 1. The minimum atomic E-state index is -3.67. The number of sulfonamides is 1. The van der Waals surface area contributed by atoms with Gasteiger partial charge in [-0.15, -0.1) is 11.3 Å². The number of nitrogens with one attached hydrogen (secondary N) is 1. The van der Waals surface area contributed by atoms with Gasteiger partial charge in [0.1, 0.15) is 16.1 Å². The summed E-state index contributed by atoms with van der Waals surface area (Å²) < 4.78 is 40.3. The van der Waals surface area contributed by atoms with E-state index in [1.807, 2.05) is 6.92 Å². The van der Waals surface area contributed by atoms with Gasteiger partial charge in [0.15, 0.2) is 0 Å². The number of rotatable bonds is 5. The fourth-order valence-corrected chi connectivity index (χ4v) is 5.98. The van der Waals surface area contributed by atoms with Crippen LogP contribution in [0.1, 0.15) is 23.3 Å². The third kappa shape index (κ3) is 3.91. The lowest BCUT2D eigenvalue weighted by molar-refractivity contribution is -0.124. The van der Waals surface area contributed by atoms with Gasteiger partial charge in [0.05, 0.1) is 0 Å². The molecule has 1 unspecified atom stereocenters. The maximum Gasteiger partial charge on any atom is 0.253 e. The van der Waals surface area contributed by atoms with Gasteiger partial charge < -0.3 is 5.32 Å². The molecule has 0 bridgehead atoms. The van der Waals surface area contributed by atoms with Gasteiger partial charge in [0.2, 0.25) is 5.91 Å². The molecule has 0 radical (unpaired) electrons. The summed E-state index contributed by atoms with van der Waals surface area (Å²) in [6.45, 7) is 2.34. The molecule has 2 aromatic rings. The Balaban J connectivity index is 1.71. The van der Waals surface area contributed by atoms with Crippen LogP contribution in [0.2, 0.25) is 0 Å². The predicted molar refractivity (Wildman–Crippen MR) is 94.2 cm³/mol. The summed E-state index contributed by atoms with van der Waals surface area (Å²) in [7, 11) is -3.67. The first kappa shape index (κ1) is 18.0. The molecule has 1 aliphatic heterocycles. The van der Waals surface area contributed by atoms with Gasteiger partial charge in [-0.2, -0.15) is 4.31 Å². The molecule has 3 rings (SSSR count). The second-order valence-corrected chi connectivity index (χ2v) is 9.39. The average Bonchev–Trinajstić information content (AvgIpc) is 3.22. The van der Waals surface area contributed by atoms with E-state index in [2.05, 4.69) is 5.32 Å². The lowest BCUT2D eigenvalue weighted by Crippen LogP contribution is -2.45. The van der Waals surface area contributed by atoms with Gasteiger partial charge in [-0.1, -0.05) is 12.1 Å². The van der Waals surface area contributed by atoms with Crippen molar-refractivity contribution in [3.05, 3.63) is 52.7 Å². The highest BCUT2D eigenvalue weighted by atomic mass is 32.2. The minimum Gasteiger partial charge on any atom is -0.351 e. The van der Waals surface area contributed by atoms with E-state index in [0.717, 1.165) is 4.88 Å². The molecule has 1 aromatic heterocycles. The van der Waals surface area contributed by atoms with E-state index in [4.69, 9.17) is 0 Å². The maximum atomic E-state index is 13.2. The van der Waals surface area contributed by atoms with Gasteiger partial charge in [0.25, 0.3) is 10.0 Å². The standard InChI is InChI=1S/C17H19FN2O3S2/c1-12-7-8-16(24-12)25(22,23)20-9-3-6-15(20)17(21)19-11-13-4-2-5-14(18)10-13/h2,4-5,7-8,10,15H,3,6,9,11H2,1H3,(H,19,21). The first-order chi connectivity index (χ1) is 11.9. The topological polar surface area (TPSA) is 66.5 Å². The molecule has 2 heterocycles. The highest BCUT2D eigenvalue weighted by molar-refractivity contribution is 7.91. The Hall–Kier alpha value is -1.77. The number of amides is 1. The highest BCUT2D eigenvalue weighted by Gasteiger charge is 2.39. The van der Waals surface area contributed by atoms with Crippen LogP contribution in [0.4, 0.5) is 4.39 Å². The molecule has 1 saturated heterocycles. The number of thiophene rings is 1. The van der Waals surface area contributed by atoms with E-state index in [1.165, 1.54) is 27.8 Å². The van der Waals surface area contributed by atoms with E-state index in [1.54, 1.807) is 24.3 Å². The molecule has 1 amide bonds. The van der Waals surface area contributed by atoms with Gasteiger partial charge >= 0.3 is 0 Å². The van der Waals surface area contributed by atoms with Crippen LogP contribution < -0.4 is 5.32 Å². The van der Waals surface area contributed by atoms with E-state index in [9.17, 15) is 17.6 Å². The van der Waals surface area contributed by atoms with Crippen molar-refractivity contribution >= 4 is 27.3 Å². The van der Waals surface area contributed by atoms with Crippen LogP contribution in [-0.4, -0.2) is 31.2 Å². The Bertz CT molecular complexity index is 880. The van der Waals surface area contributed by atoms with Crippen LogP contribution in [0.5, 0.6) is 0 Å². The Kier molecular flexibility index (Phi) is 5.21. The molecule has 134 valence electrons. The monoisotopic (exact) mass is 382 g/mol. The molecule has 0 saturated carbocycles. The quantitative estimate of drug-likeness (QED) is 0.865. The molecule has 1 fully saturated rings. The summed E-state index contributed by atoms with van der Waals surface area (Å²) >= 11 is 1.20. The molecule has 1 atom stereocenters. The molecular weight excluding hydrogens is 363 g/mol. The molecule has 25 heavy (non-hydrogen) atoms. The summed E-state index contributed by atoms with van der Waals surface area (Å²) in [5.41, 5.74) is 0.634. The zero-order valence-corrected chi connectivity index (χ0v) is 15.4. The van der Waals surface area contributed by atoms with Crippen molar-refractivity contribution < 1.29 is 17.6 Å². The highest BCUT2D eigenvalue weighted by Crippen LogP contribution is 2.30. The van der Waals surface area contributed by atoms with Crippen LogP contribution in [0.25, 0.3) is 0 Å². The van der Waals surface area contributed by atoms with Crippen molar-refractivity contribution in [3.63, 3.8) is 0 Å². The lowest BCUT2D eigenvalue weighted by Gasteiger charge is -2.22. The largest absolute Gasteiger partial charge is 0.351 e. The smallest absolute Gasteiger partial charge is 0.253 e. The summed E-state index contributed by atoms with van der Waals surface area (Å²) in [6.07, 6.45) is 1.13. The summed E-state index contributed by atoms with van der Waals surface area (Å²) in [5, 5.41) is 2.72. The Morgan fingerprint density at radius 1 is 1.36 bits per heavy atom. The molecule has 1 aliphatic rings. The minimum absolute atomic E-state index is 0.166. The second-order valence-electron chi connectivity index (χ2n) is 5.99. The fraction of sp³-hybridized carbons (Fsp3) is 0.353. The SMILES string of the molecule is Cc1ccc(S(=O)(=O)N2CCCC2C(=O)NCc2cccc(F)c2)s1. The van der Waals surface area contributed by atoms with Crippen molar-refractivity contribution in [1.82, 2.24) is 9.62 Å². The van der Waals surface area contributed by atoms with E-state index in [-0.39, 0.29) is 22.5 Å². The van der Waals surface area contributed by atoms with Crippen molar-refractivity contribution in [2.75, 3.05) is 6.54 Å². The number of hydrogen-bond donors (Lipinski definition) is 1. The molecule has 5 nitrogen and oxygen atoms in total. The van der Waals surface area contributed by atoms with Crippen molar-refractivity contribution in [2.24, 2.45) is 0 Å². The van der Waals surface area contributed by atoms with Crippen LogP contribution in [-0.2, 0) is 21.4 Å². The zero-order chi connectivity index (χ0) is 18.0. The van der Waals surface area contributed by atoms with Crippen molar-refractivity contribution in [1.29, 1.82) is 0 Å². The number of halogens is 1. The molecule has 0 aliphatic carbocycles. The van der Waals surface area contributed by atoms with Crippen molar-refractivity contribution in [3.8, 4) is 0 Å². The Labute approximate surface area is 150 Å². The zero-order valence-electron chi connectivity index (χ0n) is 13.7. The molecule has 8 heteroatoms. The second kappa shape index (κ2) is 7.23. The first-order valence-corrected chi connectivity index (χ1v) is 10.2. The Morgan fingerprint density at radius 3 is 2.84 bits per heavy atom. The van der Waals surface area contributed by atoms with Crippen LogP contribution in [0.3, 0.4) is 0 Å². The number of benzene rings is 1. The number of hydrogen-bond acceptors (Lipinski definition) is 4. The lowest BCUT2D eigenvalue weighted by atomic mass is 10.2. The van der Waals surface area contributed by atoms with Crippen molar-refractivity contribution in [2.45, 2.75) is 36.6 Å². The number of nitrogens with zero attached hydrogens (tertiary/aromatic N) is 1. The Morgan fingerprint density at radius 2 is 2.16 bits per heavy atom. The van der Waals surface area contributed by atoms with Gasteiger partial charge in [-0.05, 0) is 49.6 Å². The van der Waals surface area contributed by atoms with Gasteiger partial charge in [-0.3, -0.25) is 4.79 Å². The molecule has 0 spiro atoms. The summed E-state index contributed by atoms with van der Waals surface area (Å²) in [6, 6.07) is 8.57. The number of carbonyl (C=O) groups is 1. The predicted octanol–water partition coefficient (Wildman–Crippen LogP) is 2.67. The average molecular weight is 382 g/mol. The summed E-state index contributed by atoms with van der Waals surface area (Å²) in [4.78, 5) is 13.4. The first-order valence-electron chi connectivity index (χ1n) is 7.98. The molecule has 1 N–H and O–H groups in total. The van der Waals surface area contributed by atoms with Gasteiger partial charge in [0, 0.05) is 18.0 Å². The fourth-order valence-electron chi connectivity index (χ4n) is 2.91. The number of aryl methyl sites for hydroxylation is 1. The molecular formula is C17H19FN2O3S2. The third-order valence-electron chi connectivity index (χ3n) is 4.14. The summed E-state index contributed by atoms with van der Waals surface area (Å²) in [5.74, 6) is -0.719. The maximum absolute atomic E-state index is 13.2. The van der Waals surface area contributed by atoms with E-state index >= 15 is 0 Å². The van der Waals surface area contributed by atoms with E-state index in [0.29, 0.717) is 24.9 Å². The van der Waals surface area contributed by atoms with E-state index < -0.39 is 16.1 Å². The van der Waals surface area contributed by atoms with Crippen LogP contribution >= 0.6 is 11.3 Å². The normalized spacial score (nSPS) is 18.4.